The number of halogens is 3. The predicted molar refractivity (Wildman–Crippen MR) is 123 cm³/mol. The van der Waals surface area contributed by atoms with Crippen molar-refractivity contribution in [2.45, 2.75) is 6.42 Å². The average molecular weight is 490 g/mol. The highest BCUT2D eigenvalue weighted by Gasteiger charge is 2.15. The van der Waals surface area contributed by atoms with E-state index >= 15 is 0 Å². The molecule has 0 fully saturated rings. The van der Waals surface area contributed by atoms with Gasteiger partial charge < -0.3 is 5.32 Å². The number of hydrogen-bond donors (Lipinski definition) is 2. The fourth-order valence-corrected chi connectivity index (χ4v) is 4.44. The first kappa shape index (κ1) is 22.1. The topological polar surface area (TPSA) is 71.1 Å². The van der Waals surface area contributed by atoms with Gasteiger partial charge in [0, 0.05) is 29.1 Å². The second-order valence-corrected chi connectivity index (χ2v) is 9.09. The normalized spacial score (nSPS) is 10.7. The first-order valence-electron chi connectivity index (χ1n) is 9.23. The summed E-state index contributed by atoms with van der Waals surface area (Å²) in [6.07, 6.45) is 1.75. The van der Waals surface area contributed by atoms with E-state index in [0.717, 1.165) is 6.07 Å². The van der Waals surface area contributed by atoms with E-state index in [2.05, 4.69) is 15.6 Å². The summed E-state index contributed by atoms with van der Waals surface area (Å²) in [5.41, 5.74) is 0.915. The maximum atomic E-state index is 13.9. The first-order chi connectivity index (χ1) is 15.4. The molecule has 0 unspecified atom stereocenters. The molecular formula is C22H14ClF2N3O2S2. The van der Waals surface area contributed by atoms with E-state index < -0.39 is 17.5 Å². The molecule has 4 rings (SSSR count). The zero-order valence-electron chi connectivity index (χ0n) is 16.2. The third kappa shape index (κ3) is 5.18. The van der Waals surface area contributed by atoms with Gasteiger partial charge in [0.2, 0.25) is 0 Å². The number of thiazole rings is 1. The molecule has 4 aromatic rings. The average Bonchev–Trinajstić information content (AvgIpc) is 3.44. The molecule has 2 aromatic heterocycles. The zero-order chi connectivity index (χ0) is 22.7. The molecule has 10 heteroatoms. The number of rotatable bonds is 6. The lowest BCUT2D eigenvalue weighted by Crippen LogP contribution is -2.14. The summed E-state index contributed by atoms with van der Waals surface area (Å²) in [5.74, 6) is -2.04. The van der Waals surface area contributed by atoms with E-state index in [4.69, 9.17) is 11.6 Å². The lowest BCUT2D eigenvalue weighted by atomic mass is 10.1. The van der Waals surface area contributed by atoms with Crippen LogP contribution in [-0.2, 0) is 6.42 Å². The molecule has 0 radical (unpaired) electrons. The highest BCUT2D eigenvalue weighted by Crippen LogP contribution is 2.26. The molecule has 0 atom stereocenters. The summed E-state index contributed by atoms with van der Waals surface area (Å²) in [6, 6.07) is 11.4. The van der Waals surface area contributed by atoms with E-state index in [0.29, 0.717) is 31.2 Å². The van der Waals surface area contributed by atoms with Crippen molar-refractivity contribution in [3.8, 4) is 0 Å². The standard InChI is InChI=1S/C22H14ClF2N3O2S2/c23-16-6-4-13(9-18(16)27-21(30)19-2-1-7-31-19)20(29)28-22-26-11-15(32-22)8-12-3-5-14(24)10-17(12)25/h1-7,9-11H,8H2,(H,27,30)(H,26,28,29). The van der Waals surface area contributed by atoms with Gasteiger partial charge in [0.1, 0.15) is 11.6 Å². The smallest absolute Gasteiger partial charge is 0.265 e. The van der Waals surface area contributed by atoms with Gasteiger partial charge in [-0.1, -0.05) is 23.7 Å². The molecule has 0 saturated carbocycles. The molecule has 0 spiro atoms. The van der Waals surface area contributed by atoms with Crippen LogP contribution in [0.3, 0.4) is 0 Å². The third-order valence-corrected chi connectivity index (χ3v) is 6.49. The molecule has 2 amide bonds. The SMILES string of the molecule is O=C(Nc1ncc(Cc2ccc(F)cc2F)s1)c1ccc(Cl)c(NC(=O)c2cccs2)c1. The Bertz CT molecular complexity index is 1290. The maximum Gasteiger partial charge on any atom is 0.265 e. The fraction of sp³-hybridized carbons (Fsp3) is 0.0455. The van der Waals surface area contributed by atoms with Crippen molar-refractivity contribution < 1.29 is 18.4 Å². The van der Waals surface area contributed by atoms with Gasteiger partial charge in [-0.3, -0.25) is 14.9 Å². The first-order valence-corrected chi connectivity index (χ1v) is 11.3. The van der Waals surface area contributed by atoms with Crippen LogP contribution in [0.25, 0.3) is 0 Å². The van der Waals surface area contributed by atoms with Gasteiger partial charge in [-0.15, -0.1) is 22.7 Å². The number of benzene rings is 2. The number of carbonyl (C=O) groups is 2. The maximum absolute atomic E-state index is 13.9. The van der Waals surface area contributed by atoms with Crippen molar-refractivity contribution in [1.82, 2.24) is 4.98 Å². The number of thiophene rings is 1. The molecule has 0 aliphatic carbocycles. The number of nitrogens with zero attached hydrogens (tertiary/aromatic N) is 1. The highest BCUT2D eigenvalue weighted by molar-refractivity contribution is 7.15. The van der Waals surface area contributed by atoms with Crippen molar-refractivity contribution >= 4 is 56.9 Å². The molecule has 2 heterocycles. The van der Waals surface area contributed by atoms with Gasteiger partial charge in [0.25, 0.3) is 11.8 Å². The van der Waals surface area contributed by atoms with Crippen molar-refractivity contribution in [2.75, 3.05) is 10.6 Å². The van der Waals surface area contributed by atoms with Crippen LogP contribution in [-0.4, -0.2) is 16.8 Å². The van der Waals surface area contributed by atoms with Crippen molar-refractivity contribution in [1.29, 1.82) is 0 Å². The van der Waals surface area contributed by atoms with Gasteiger partial charge in [0.15, 0.2) is 5.13 Å². The Kier molecular flexibility index (Phi) is 6.59. The molecule has 0 aliphatic heterocycles. The zero-order valence-corrected chi connectivity index (χ0v) is 18.6. The minimum atomic E-state index is -0.641. The van der Waals surface area contributed by atoms with E-state index in [9.17, 15) is 18.4 Å². The molecule has 0 bridgehead atoms. The fourth-order valence-electron chi connectivity index (χ4n) is 2.82. The Morgan fingerprint density at radius 1 is 1.03 bits per heavy atom. The molecule has 2 N–H and O–H groups in total. The van der Waals surface area contributed by atoms with Crippen LogP contribution in [0.4, 0.5) is 19.6 Å². The second-order valence-electron chi connectivity index (χ2n) is 6.62. The van der Waals surface area contributed by atoms with Crippen molar-refractivity contribution in [3.05, 3.63) is 97.6 Å². The van der Waals surface area contributed by atoms with Crippen LogP contribution < -0.4 is 10.6 Å². The second kappa shape index (κ2) is 9.56. The van der Waals surface area contributed by atoms with Crippen molar-refractivity contribution in [3.63, 3.8) is 0 Å². The molecule has 0 aliphatic rings. The molecule has 162 valence electrons. The monoisotopic (exact) mass is 489 g/mol. The van der Waals surface area contributed by atoms with Gasteiger partial charge in [-0.2, -0.15) is 0 Å². The number of nitrogens with one attached hydrogen (secondary N) is 2. The Labute approximate surface area is 194 Å². The number of hydrogen-bond acceptors (Lipinski definition) is 5. The minimum Gasteiger partial charge on any atom is -0.320 e. The molecule has 2 aromatic carbocycles. The van der Waals surface area contributed by atoms with Gasteiger partial charge in [-0.05, 0) is 41.3 Å². The summed E-state index contributed by atoms with van der Waals surface area (Å²) in [5, 5.41) is 7.78. The van der Waals surface area contributed by atoms with Gasteiger partial charge in [-0.25, -0.2) is 13.8 Å². The molecule has 0 saturated heterocycles. The van der Waals surface area contributed by atoms with E-state index in [1.807, 2.05) is 0 Å². The summed E-state index contributed by atoms with van der Waals surface area (Å²) in [4.78, 5) is 30.3. The van der Waals surface area contributed by atoms with E-state index in [1.165, 1.54) is 59.2 Å². The van der Waals surface area contributed by atoms with E-state index in [1.54, 1.807) is 17.5 Å². The molecular weight excluding hydrogens is 476 g/mol. The summed E-state index contributed by atoms with van der Waals surface area (Å²) >= 11 is 8.63. The third-order valence-electron chi connectivity index (χ3n) is 4.38. The van der Waals surface area contributed by atoms with Gasteiger partial charge in [0.05, 0.1) is 15.6 Å². The lowest BCUT2D eigenvalue weighted by molar-refractivity contribution is 0.101. The van der Waals surface area contributed by atoms with Crippen LogP contribution in [0.5, 0.6) is 0 Å². The van der Waals surface area contributed by atoms with E-state index in [-0.39, 0.29) is 17.9 Å². The minimum absolute atomic E-state index is 0.222. The Morgan fingerprint density at radius 2 is 1.88 bits per heavy atom. The van der Waals surface area contributed by atoms with Crippen LogP contribution in [0.15, 0.2) is 60.1 Å². The predicted octanol–water partition coefficient (Wildman–Crippen LogP) is 6.23. The summed E-state index contributed by atoms with van der Waals surface area (Å²) in [7, 11) is 0. The van der Waals surface area contributed by atoms with Crippen LogP contribution in [0.2, 0.25) is 5.02 Å². The lowest BCUT2D eigenvalue weighted by Gasteiger charge is -2.09. The Hall–Kier alpha value is -3.14. The van der Waals surface area contributed by atoms with Crippen LogP contribution in [0, 0.1) is 11.6 Å². The Morgan fingerprint density at radius 3 is 2.62 bits per heavy atom. The largest absolute Gasteiger partial charge is 0.320 e. The number of carbonyl (C=O) groups excluding carboxylic acids is 2. The highest BCUT2D eigenvalue weighted by atomic mass is 35.5. The quantitative estimate of drug-likeness (QED) is 0.337. The number of anilines is 2. The molecule has 5 nitrogen and oxygen atoms in total. The van der Waals surface area contributed by atoms with Crippen LogP contribution in [0.1, 0.15) is 30.5 Å². The van der Waals surface area contributed by atoms with Crippen LogP contribution >= 0.6 is 34.3 Å². The van der Waals surface area contributed by atoms with Crippen molar-refractivity contribution in [2.24, 2.45) is 0 Å². The molecule has 32 heavy (non-hydrogen) atoms. The Balaban J connectivity index is 1.44. The summed E-state index contributed by atoms with van der Waals surface area (Å²) in [6.45, 7) is 0. The van der Waals surface area contributed by atoms with Gasteiger partial charge >= 0.3 is 0 Å². The number of amides is 2. The summed E-state index contributed by atoms with van der Waals surface area (Å²) < 4.78 is 26.9. The number of aromatic nitrogens is 1.